The van der Waals surface area contributed by atoms with Crippen molar-refractivity contribution in [3.63, 3.8) is 0 Å². The number of aromatic nitrogens is 2. The molecule has 0 amide bonds. The number of nitrogens with zero attached hydrogens (tertiary/aromatic N) is 2. The number of carbonyl (C=O) groups excluding carboxylic acids is 1. The van der Waals surface area contributed by atoms with E-state index in [4.69, 9.17) is 4.74 Å². The summed E-state index contributed by atoms with van der Waals surface area (Å²) in [7, 11) is -3.79. The van der Waals surface area contributed by atoms with Crippen LogP contribution in [0.2, 0.25) is 0 Å². The molecule has 0 saturated carbocycles. The van der Waals surface area contributed by atoms with Crippen molar-refractivity contribution in [3.05, 3.63) is 42.2 Å². The largest absolute Gasteiger partial charge is 0.462 e. The minimum atomic E-state index is -3.79. The first-order chi connectivity index (χ1) is 10.5. The Labute approximate surface area is 129 Å². The average Bonchev–Trinajstić information content (AvgIpc) is 2.94. The standard InChI is InChI=1S/C14H17N3O4S/c1-3-17-10-12(9-15-17)16-22(19,20)13-7-5-6-11(8-13)14(18)21-4-2/h5-10,16H,3-4H2,1-2H3. The molecule has 8 heteroatoms. The fourth-order valence-corrected chi connectivity index (χ4v) is 2.88. The first-order valence-corrected chi connectivity index (χ1v) is 8.27. The number of benzene rings is 1. The molecule has 0 aliphatic carbocycles. The Morgan fingerprint density at radius 3 is 2.77 bits per heavy atom. The Bertz CT molecular complexity index is 768. The summed E-state index contributed by atoms with van der Waals surface area (Å²) in [5, 5.41) is 4.00. The summed E-state index contributed by atoms with van der Waals surface area (Å²) in [5.74, 6) is -0.557. The Kier molecular flexibility index (Phi) is 4.81. The van der Waals surface area contributed by atoms with Gasteiger partial charge in [-0.25, -0.2) is 13.2 Å². The second kappa shape index (κ2) is 6.61. The fourth-order valence-electron chi connectivity index (χ4n) is 1.81. The smallest absolute Gasteiger partial charge is 0.338 e. The lowest BCUT2D eigenvalue weighted by molar-refractivity contribution is 0.0526. The molecular formula is C14H17N3O4S. The third-order valence-electron chi connectivity index (χ3n) is 2.86. The van der Waals surface area contributed by atoms with Gasteiger partial charge < -0.3 is 4.74 Å². The van der Waals surface area contributed by atoms with Gasteiger partial charge in [-0.3, -0.25) is 9.40 Å². The molecular weight excluding hydrogens is 306 g/mol. The maximum Gasteiger partial charge on any atom is 0.338 e. The van der Waals surface area contributed by atoms with Gasteiger partial charge in [-0.15, -0.1) is 0 Å². The molecule has 0 bridgehead atoms. The maximum atomic E-state index is 12.3. The maximum absolute atomic E-state index is 12.3. The number of hydrogen-bond acceptors (Lipinski definition) is 5. The summed E-state index contributed by atoms with van der Waals surface area (Å²) in [6.07, 6.45) is 3.02. The molecule has 2 rings (SSSR count). The van der Waals surface area contributed by atoms with Crippen LogP contribution in [0.5, 0.6) is 0 Å². The third kappa shape index (κ3) is 3.64. The molecule has 0 saturated heterocycles. The number of hydrogen-bond donors (Lipinski definition) is 1. The van der Waals surface area contributed by atoms with E-state index < -0.39 is 16.0 Å². The topological polar surface area (TPSA) is 90.3 Å². The molecule has 0 radical (unpaired) electrons. The van der Waals surface area contributed by atoms with Gasteiger partial charge in [0.2, 0.25) is 0 Å². The van der Waals surface area contributed by atoms with Gasteiger partial charge in [0.05, 0.1) is 29.0 Å². The first kappa shape index (κ1) is 16.0. The zero-order valence-electron chi connectivity index (χ0n) is 12.3. The van der Waals surface area contributed by atoms with E-state index in [1.54, 1.807) is 17.8 Å². The lowest BCUT2D eigenvalue weighted by Crippen LogP contribution is -2.14. The lowest BCUT2D eigenvalue weighted by Gasteiger charge is -2.07. The van der Waals surface area contributed by atoms with Gasteiger partial charge in [-0.1, -0.05) is 6.07 Å². The van der Waals surface area contributed by atoms with Crippen molar-refractivity contribution in [3.8, 4) is 0 Å². The molecule has 0 atom stereocenters. The fraction of sp³-hybridized carbons (Fsp3) is 0.286. The van der Waals surface area contributed by atoms with Crippen molar-refractivity contribution in [1.29, 1.82) is 0 Å². The number of ether oxygens (including phenoxy) is 1. The number of anilines is 1. The highest BCUT2D eigenvalue weighted by Gasteiger charge is 2.17. The zero-order valence-corrected chi connectivity index (χ0v) is 13.1. The van der Waals surface area contributed by atoms with Gasteiger partial charge in [0, 0.05) is 12.7 Å². The van der Waals surface area contributed by atoms with Crippen LogP contribution in [0.25, 0.3) is 0 Å². The van der Waals surface area contributed by atoms with Crippen molar-refractivity contribution < 1.29 is 17.9 Å². The predicted molar refractivity (Wildman–Crippen MR) is 81.1 cm³/mol. The van der Waals surface area contributed by atoms with Crippen molar-refractivity contribution in [2.24, 2.45) is 0 Å². The molecule has 1 heterocycles. The number of aryl methyl sites for hydroxylation is 1. The number of nitrogens with one attached hydrogen (secondary N) is 1. The molecule has 0 fully saturated rings. The van der Waals surface area contributed by atoms with Crippen LogP contribution >= 0.6 is 0 Å². The van der Waals surface area contributed by atoms with Crippen LogP contribution in [0, 0.1) is 0 Å². The Morgan fingerprint density at radius 2 is 2.14 bits per heavy atom. The summed E-state index contributed by atoms with van der Waals surface area (Å²) < 4.78 is 33.6. The third-order valence-corrected chi connectivity index (χ3v) is 4.24. The molecule has 0 aliphatic rings. The minimum Gasteiger partial charge on any atom is -0.462 e. The first-order valence-electron chi connectivity index (χ1n) is 6.78. The molecule has 0 spiro atoms. The van der Waals surface area contributed by atoms with E-state index in [1.165, 1.54) is 30.5 Å². The number of esters is 1. The number of rotatable bonds is 6. The van der Waals surface area contributed by atoms with E-state index in [0.717, 1.165) is 0 Å². The molecule has 1 N–H and O–H groups in total. The average molecular weight is 323 g/mol. The minimum absolute atomic E-state index is 0.0118. The molecule has 22 heavy (non-hydrogen) atoms. The quantitative estimate of drug-likeness (QED) is 0.820. The monoisotopic (exact) mass is 323 g/mol. The van der Waals surface area contributed by atoms with Gasteiger partial charge in [-0.05, 0) is 32.0 Å². The van der Waals surface area contributed by atoms with E-state index in [0.29, 0.717) is 12.2 Å². The summed E-state index contributed by atoms with van der Waals surface area (Å²) >= 11 is 0. The number of sulfonamides is 1. The molecule has 2 aromatic rings. The molecule has 7 nitrogen and oxygen atoms in total. The van der Waals surface area contributed by atoms with Crippen molar-refractivity contribution in [2.75, 3.05) is 11.3 Å². The molecule has 118 valence electrons. The highest BCUT2D eigenvalue weighted by molar-refractivity contribution is 7.92. The number of carbonyl (C=O) groups is 1. The van der Waals surface area contributed by atoms with Crippen molar-refractivity contribution in [1.82, 2.24) is 9.78 Å². The van der Waals surface area contributed by atoms with Crippen molar-refractivity contribution in [2.45, 2.75) is 25.3 Å². The zero-order chi connectivity index (χ0) is 16.2. The van der Waals surface area contributed by atoms with E-state index in [1.807, 2.05) is 6.92 Å². The van der Waals surface area contributed by atoms with E-state index in [9.17, 15) is 13.2 Å². The molecule has 1 aromatic heterocycles. The van der Waals surface area contributed by atoms with Gasteiger partial charge in [0.25, 0.3) is 10.0 Å². The lowest BCUT2D eigenvalue weighted by atomic mass is 10.2. The summed E-state index contributed by atoms with van der Waals surface area (Å²) in [5.41, 5.74) is 0.553. The van der Waals surface area contributed by atoms with Crippen LogP contribution in [0.3, 0.4) is 0 Å². The SMILES string of the molecule is CCOC(=O)c1cccc(S(=O)(=O)Nc2cnn(CC)c2)c1. The second-order valence-corrected chi connectivity index (χ2v) is 6.12. The molecule has 0 unspecified atom stereocenters. The summed E-state index contributed by atoms with van der Waals surface area (Å²) in [6.45, 7) is 4.45. The van der Waals surface area contributed by atoms with Crippen LogP contribution in [0.1, 0.15) is 24.2 Å². The van der Waals surface area contributed by atoms with Crippen molar-refractivity contribution >= 4 is 21.7 Å². The Balaban J connectivity index is 2.25. The Hall–Kier alpha value is -2.35. The molecule has 1 aromatic carbocycles. The molecule has 0 aliphatic heterocycles. The summed E-state index contributed by atoms with van der Waals surface area (Å²) in [4.78, 5) is 11.7. The second-order valence-electron chi connectivity index (χ2n) is 4.44. The van der Waals surface area contributed by atoms with Crippen LogP contribution in [0.15, 0.2) is 41.6 Å². The van der Waals surface area contributed by atoms with Crippen LogP contribution in [-0.2, 0) is 21.3 Å². The Morgan fingerprint density at radius 1 is 1.36 bits per heavy atom. The van der Waals surface area contributed by atoms with Gasteiger partial charge >= 0.3 is 5.97 Å². The van der Waals surface area contributed by atoms with E-state index in [-0.39, 0.29) is 17.1 Å². The highest BCUT2D eigenvalue weighted by Crippen LogP contribution is 2.17. The highest BCUT2D eigenvalue weighted by atomic mass is 32.2. The predicted octanol–water partition coefficient (Wildman–Crippen LogP) is 1.88. The van der Waals surface area contributed by atoms with Gasteiger partial charge in [-0.2, -0.15) is 5.10 Å². The van der Waals surface area contributed by atoms with E-state index >= 15 is 0 Å². The summed E-state index contributed by atoms with van der Waals surface area (Å²) in [6, 6.07) is 5.70. The van der Waals surface area contributed by atoms with Crippen LogP contribution < -0.4 is 4.72 Å². The van der Waals surface area contributed by atoms with Crippen LogP contribution in [0.4, 0.5) is 5.69 Å². The van der Waals surface area contributed by atoms with Crippen LogP contribution in [-0.4, -0.2) is 30.8 Å². The van der Waals surface area contributed by atoms with Gasteiger partial charge in [0.1, 0.15) is 0 Å². The van der Waals surface area contributed by atoms with E-state index in [2.05, 4.69) is 9.82 Å². The van der Waals surface area contributed by atoms with Gasteiger partial charge in [0.15, 0.2) is 0 Å². The normalized spacial score (nSPS) is 11.2.